The van der Waals surface area contributed by atoms with Crippen LogP contribution in [0.15, 0.2) is 30.9 Å². The van der Waals surface area contributed by atoms with E-state index in [9.17, 15) is 0 Å². The van der Waals surface area contributed by atoms with Crippen molar-refractivity contribution < 1.29 is 4.74 Å². The summed E-state index contributed by atoms with van der Waals surface area (Å²) in [6.45, 7) is 5.79. The number of halogens is 1. The van der Waals surface area contributed by atoms with Gasteiger partial charge in [-0.2, -0.15) is 0 Å². The summed E-state index contributed by atoms with van der Waals surface area (Å²) in [5.41, 5.74) is 3.06. The highest BCUT2D eigenvalue weighted by molar-refractivity contribution is 6.30. The minimum absolute atomic E-state index is 0.556. The lowest BCUT2D eigenvalue weighted by Crippen LogP contribution is -1.95. The van der Waals surface area contributed by atoms with Gasteiger partial charge in [-0.1, -0.05) is 17.7 Å². The van der Waals surface area contributed by atoms with Gasteiger partial charge in [-0.15, -0.1) is 6.58 Å². The molecule has 0 N–H and O–H groups in total. The standard InChI is InChI=1S/C14H14ClNO/c1-4-5-11-9(2)12-8-10(17-3)6-7-13(12)16-14(11)15/h4,6-8H,1,5H2,2-3H3. The first-order valence-electron chi connectivity index (χ1n) is 5.41. The number of benzene rings is 1. The largest absolute Gasteiger partial charge is 0.497 e. The molecule has 0 saturated heterocycles. The van der Waals surface area contributed by atoms with Crippen LogP contribution in [0, 0.1) is 6.92 Å². The molecule has 0 aliphatic heterocycles. The Hall–Kier alpha value is -1.54. The van der Waals surface area contributed by atoms with E-state index in [-0.39, 0.29) is 0 Å². The van der Waals surface area contributed by atoms with Crippen LogP contribution in [0.25, 0.3) is 10.9 Å². The zero-order valence-electron chi connectivity index (χ0n) is 9.96. The van der Waals surface area contributed by atoms with E-state index in [1.165, 1.54) is 0 Å². The Morgan fingerprint density at radius 3 is 2.88 bits per heavy atom. The fourth-order valence-electron chi connectivity index (χ4n) is 1.91. The van der Waals surface area contributed by atoms with Gasteiger partial charge >= 0.3 is 0 Å². The Labute approximate surface area is 106 Å². The number of fused-ring (bicyclic) bond motifs is 1. The highest BCUT2D eigenvalue weighted by atomic mass is 35.5. The number of allylic oxidation sites excluding steroid dienone is 1. The molecule has 3 heteroatoms. The third kappa shape index (κ3) is 2.13. The number of pyridine rings is 1. The zero-order chi connectivity index (χ0) is 12.4. The summed E-state index contributed by atoms with van der Waals surface area (Å²) in [5, 5.41) is 1.63. The van der Waals surface area contributed by atoms with Gasteiger partial charge in [0.25, 0.3) is 0 Å². The van der Waals surface area contributed by atoms with Crippen molar-refractivity contribution in [2.24, 2.45) is 0 Å². The number of rotatable bonds is 3. The van der Waals surface area contributed by atoms with Gasteiger partial charge in [-0.3, -0.25) is 0 Å². The number of nitrogens with zero attached hydrogens (tertiary/aromatic N) is 1. The van der Waals surface area contributed by atoms with Gasteiger partial charge in [0.1, 0.15) is 10.9 Å². The second kappa shape index (κ2) is 4.76. The number of aryl methyl sites for hydroxylation is 1. The maximum Gasteiger partial charge on any atom is 0.133 e. The van der Waals surface area contributed by atoms with Crippen molar-refractivity contribution in [1.29, 1.82) is 0 Å². The van der Waals surface area contributed by atoms with E-state index >= 15 is 0 Å². The molecule has 0 radical (unpaired) electrons. The summed E-state index contributed by atoms with van der Waals surface area (Å²) in [6, 6.07) is 5.80. The lowest BCUT2D eigenvalue weighted by atomic mass is 10.0. The van der Waals surface area contributed by atoms with Crippen LogP contribution in [0.1, 0.15) is 11.1 Å². The third-order valence-electron chi connectivity index (χ3n) is 2.88. The van der Waals surface area contributed by atoms with Crippen LogP contribution in [0.5, 0.6) is 5.75 Å². The van der Waals surface area contributed by atoms with Gasteiger partial charge in [0.15, 0.2) is 0 Å². The van der Waals surface area contributed by atoms with Crippen molar-refractivity contribution in [2.45, 2.75) is 13.3 Å². The molecule has 0 fully saturated rings. The second-order valence-electron chi connectivity index (χ2n) is 3.88. The van der Waals surface area contributed by atoms with Crippen molar-refractivity contribution in [1.82, 2.24) is 4.98 Å². The predicted molar refractivity (Wildman–Crippen MR) is 71.9 cm³/mol. The van der Waals surface area contributed by atoms with Crippen LogP contribution in [0.3, 0.4) is 0 Å². The van der Waals surface area contributed by atoms with Crippen LogP contribution < -0.4 is 4.74 Å². The Balaban J connectivity index is 2.73. The summed E-state index contributed by atoms with van der Waals surface area (Å²) in [7, 11) is 1.66. The molecule has 0 bridgehead atoms. The average molecular weight is 248 g/mol. The Bertz CT molecular complexity index is 578. The first kappa shape index (κ1) is 11.9. The first-order valence-corrected chi connectivity index (χ1v) is 5.78. The normalized spacial score (nSPS) is 10.5. The molecule has 0 unspecified atom stereocenters. The van der Waals surface area contributed by atoms with E-state index in [0.717, 1.165) is 34.2 Å². The van der Waals surface area contributed by atoms with E-state index in [4.69, 9.17) is 16.3 Å². The van der Waals surface area contributed by atoms with Crippen molar-refractivity contribution in [3.05, 3.63) is 47.1 Å². The minimum Gasteiger partial charge on any atom is -0.497 e. The predicted octanol–water partition coefficient (Wildman–Crippen LogP) is 3.93. The van der Waals surface area contributed by atoms with Gasteiger partial charge in [-0.25, -0.2) is 4.98 Å². The van der Waals surface area contributed by atoms with E-state index in [1.54, 1.807) is 7.11 Å². The highest BCUT2D eigenvalue weighted by Crippen LogP contribution is 2.29. The number of methoxy groups -OCH3 is 1. The molecular weight excluding hydrogens is 234 g/mol. The third-order valence-corrected chi connectivity index (χ3v) is 3.19. The molecule has 1 heterocycles. The van der Waals surface area contributed by atoms with Crippen LogP contribution in [0.2, 0.25) is 5.15 Å². The summed E-state index contributed by atoms with van der Waals surface area (Å²) < 4.78 is 5.23. The molecule has 0 spiro atoms. The lowest BCUT2D eigenvalue weighted by Gasteiger charge is -2.10. The summed E-state index contributed by atoms with van der Waals surface area (Å²) >= 11 is 6.17. The number of hydrogen-bond donors (Lipinski definition) is 0. The molecule has 0 aliphatic carbocycles. The SMILES string of the molecule is C=CCc1c(Cl)nc2ccc(OC)cc2c1C. The number of hydrogen-bond acceptors (Lipinski definition) is 2. The smallest absolute Gasteiger partial charge is 0.133 e. The van der Waals surface area contributed by atoms with Gasteiger partial charge in [0, 0.05) is 5.39 Å². The van der Waals surface area contributed by atoms with Crippen LogP contribution in [-0.4, -0.2) is 12.1 Å². The van der Waals surface area contributed by atoms with Gasteiger partial charge in [0.05, 0.1) is 12.6 Å². The zero-order valence-corrected chi connectivity index (χ0v) is 10.7. The molecule has 1 aromatic heterocycles. The van der Waals surface area contributed by atoms with Crippen molar-refractivity contribution in [3.63, 3.8) is 0 Å². The Morgan fingerprint density at radius 2 is 2.24 bits per heavy atom. The quantitative estimate of drug-likeness (QED) is 0.606. The summed E-state index contributed by atoms with van der Waals surface area (Å²) in [4.78, 5) is 4.39. The van der Waals surface area contributed by atoms with Crippen molar-refractivity contribution in [3.8, 4) is 5.75 Å². The molecule has 2 rings (SSSR count). The van der Waals surface area contributed by atoms with Crippen molar-refractivity contribution >= 4 is 22.5 Å². The number of ether oxygens (including phenoxy) is 1. The van der Waals surface area contributed by atoms with E-state index in [0.29, 0.717) is 5.15 Å². The van der Waals surface area contributed by atoms with E-state index in [1.807, 2.05) is 31.2 Å². The molecule has 2 nitrogen and oxygen atoms in total. The van der Waals surface area contributed by atoms with E-state index < -0.39 is 0 Å². The lowest BCUT2D eigenvalue weighted by molar-refractivity contribution is 0.415. The highest BCUT2D eigenvalue weighted by Gasteiger charge is 2.10. The first-order chi connectivity index (χ1) is 8.17. The van der Waals surface area contributed by atoms with Crippen molar-refractivity contribution in [2.75, 3.05) is 7.11 Å². The fraction of sp³-hybridized carbons (Fsp3) is 0.214. The second-order valence-corrected chi connectivity index (χ2v) is 4.24. The molecule has 0 atom stereocenters. The van der Waals surface area contributed by atoms with Gasteiger partial charge < -0.3 is 4.74 Å². The van der Waals surface area contributed by atoms with E-state index in [2.05, 4.69) is 11.6 Å². The molecule has 88 valence electrons. The van der Waals surface area contributed by atoms with Gasteiger partial charge in [0.2, 0.25) is 0 Å². The minimum atomic E-state index is 0.556. The van der Waals surface area contributed by atoms with Crippen LogP contribution in [-0.2, 0) is 6.42 Å². The summed E-state index contributed by atoms with van der Waals surface area (Å²) in [6.07, 6.45) is 2.56. The molecule has 17 heavy (non-hydrogen) atoms. The monoisotopic (exact) mass is 247 g/mol. The maximum atomic E-state index is 6.17. The molecule has 2 aromatic rings. The Morgan fingerprint density at radius 1 is 1.47 bits per heavy atom. The topological polar surface area (TPSA) is 22.1 Å². The van der Waals surface area contributed by atoms with Gasteiger partial charge in [-0.05, 0) is 42.7 Å². The van der Waals surface area contributed by atoms with Crippen LogP contribution in [0.4, 0.5) is 0 Å². The Kier molecular flexibility index (Phi) is 3.34. The molecule has 0 amide bonds. The fourth-order valence-corrected chi connectivity index (χ4v) is 2.22. The average Bonchev–Trinajstić information content (AvgIpc) is 2.34. The molecule has 1 aromatic carbocycles. The molecule has 0 aliphatic rings. The van der Waals surface area contributed by atoms with Crippen LogP contribution >= 0.6 is 11.6 Å². The summed E-state index contributed by atoms with van der Waals surface area (Å²) in [5.74, 6) is 0.828. The molecular formula is C14H14ClNO. The number of aromatic nitrogens is 1. The maximum absolute atomic E-state index is 6.17. The molecule has 0 saturated carbocycles.